The number of aryl methyl sites for hydroxylation is 1. The van der Waals surface area contributed by atoms with Crippen molar-refractivity contribution in [2.24, 2.45) is 0 Å². The van der Waals surface area contributed by atoms with E-state index < -0.39 is 29.7 Å². The first kappa shape index (κ1) is 26.3. The van der Waals surface area contributed by atoms with Gasteiger partial charge in [0.2, 0.25) is 0 Å². The molecule has 1 aromatic rings. The molecule has 10 heteroatoms. The normalized spacial score (nSPS) is 11.6. The molecular weight excluding hydrogens is 417 g/mol. The number of nitrogens with zero attached hydrogens (tertiary/aromatic N) is 2. The Morgan fingerprint density at radius 3 is 2.13 bits per heavy atom. The Labute approximate surface area is 180 Å². The summed E-state index contributed by atoms with van der Waals surface area (Å²) < 4.78 is 49.5. The Morgan fingerprint density at radius 1 is 1.03 bits per heavy atom. The molecular formula is C21H29F3N2O5. The lowest BCUT2D eigenvalue weighted by atomic mass is 10.1. The molecule has 0 spiro atoms. The smallest absolute Gasteiger partial charge is 0.465 e. The van der Waals surface area contributed by atoms with Gasteiger partial charge in [-0.3, -0.25) is 4.79 Å². The van der Waals surface area contributed by atoms with Crippen LogP contribution >= 0.6 is 0 Å². The van der Waals surface area contributed by atoms with E-state index in [9.17, 15) is 27.6 Å². The van der Waals surface area contributed by atoms with Crippen LogP contribution in [0.1, 0.15) is 49.5 Å². The lowest BCUT2D eigenvalue weighted by molar-refractivity contribution is -0.170. The van der Waals surface area contributed by atoms with Gasteiger partial charge in [-0.15, -0.1) is 0 Å². The van der Waals surface area contributed by atoms with Crippen LogP contribution in [0.25, 0.3) is 0 Å². The second-order valence-electron chi connectivity index (χ2n) is 8.08. The standard InChI is InChI=1S/C21H29F3N2O5/c1-14-9-10-16(15(13-14)17(27)30-6)26(18(28)21(22,23)24)12-8-7-11-25(5)19(29)31-20(2,3)4/h9-10,13H,7-8,11-12H2,1-6H3. The number of hydrogen-bond acceptors (Lipinski definition) is 5. The Kier molecular flexibility index (Phi) is 8.89. The summed E-state index contributed by atoms with van der Waals surface area (Å²) >= 11 is 0. The summed E-state index contributed by atoms with van der Waals surface area (Å²) in [5.41, 5.74) is -0.356. The van der Waals surface area contributed by atoms with Gasteiger partial charge in [-0.2, -0.15) is 13.2 Å². The van der Waals surface area contributed by atoms with Crippen LogP contribution < -0.4 is 4.90 Å². The molecule has 0 atom stereocenters. The third-order valence-electron chi connectivity index (χ3n) is 4.17. The van der Waals surface area contributed by atoms with E-state index in [2.05, 4.69) is 4.74 Å². The molecule has 0 saturated carbocycles. The van der Waals surface area contributed by atoms with Gasteiger partial charge in [0, 0.05) is 20.1 Å². The largest absolute Gasteiger partial charge is 0.471 e. The van der Waals surface area contributed by atoms with Crippen molar-refractivity contribution < 1.29 is 37.0 Å². The number of esters is 1. The van der Waals surface area contributed by atoms with Crippen LogP contribution in [-0.2, 0) is 14.3 Å². The number of unbranched alkanes of at least 4 members (excludes halogenated alkanes) is 1. The highest BCUT2D eigenvalue weighted by molar-refractivity contribution is 6.04. The van der Waals surface area contributed by atoms with Crippen molar-refractivity contribution in [3.05, 3.63) is 29.3 Å². The summed E-state index contributed by atoms with van der Waals surface area (Å²) in [5.74, 6) is -2.93. The first-order valence-electron chi connectivity index (χ1n) is 9.69. The van der Waals surface area contributed by atoms with Gasteiger partial charge in [0.05, 0.1) is 18.4 Å². The first-order valence-corrected chi connectivity index (χ1v) is 9.69. The van der Waals surface area contributed by atoms with Gasteiger partial charge < -0.3 is 19.3 Å². The number of anilines is 1. The van der Waals surface area contributed by atoms with E-state index >= 15 is 0 Å². The zero-order chi connectivity index (χ0) is 24.0. The highest BCUT2D eigenvalue weighted by atomic mass is 19.4. The van der Waals surface area contributed by atoms with Gasteiger partial charge in [0.1, 0.15) is 5.60 Å². The molecule has 0 saturated heterocycles. The number of rotatable bonds is 7. The highest BCUT2D eigenvalue weighted by Crippen LogP contribution is 2.28. The molecule has 7 nitrogen and oxygen atoms in total. The summed E-state index contributed by atoms with van der Waals surface area (Å²) in [6.45, 7) is 6.76. The second kappa shape index (κ2) is 10.5. The number of carbonyl (C=O) groups excluding carboxylic acids is 3. The molecule has 174 valence electrons. The van der Waals surface area contributed by atoms with Gasteiger partial charge in [-0.05, 0) is 52.7 Å². The molecule has 1 aromatic carbocycles. The van der Waals surface area contributed by atoms with Crippen molar-refractivity contribution in [3.63, 3.8) is 0 Å². The van der Waals surface area contributed by atoms with E-state index in [-0.39, 0.29) is 30.8 Å². The molecule has 0 unspecified atom stereocenters. The lowest BCUT2D eigenvalue weighted by Gasteiger charge is -2.27. The van der Waals surface area contributed by atoms with E-state index in [0.29, 0.717) is 16.9 Å². The number of hydrogen-bond donors (Lipinski definition) is 0. The molecule has 0 aliphatic rings. The average Bonchev–Trinajstić information content (AvgIpc) is 2.65. The van der Waals surface area contributed by atoms with Gasteiger partial charge >= 0.3 is 24.1 Å². The van der Waals surface area contributed by atoms with Crippen molar-refractivity contribution in [2.75, 3.05) is 32.1 Å². The number of amides is 2. The van der Waals surface area contributed by atoms with Gasteiger partial charge in [0.15, 0.2) is 0 Å². The summed E-state index contributed by atoms with van der Waals surface area (Å²) in [6.07, 6.45) is -5.20. The summed E-state index contributed by atoms with van der Waals surface area (Å²) in [5, 5.41) is 0. The summed E-state index contributed by atoms with van der Waals surface area (Å²) in [7, 11) is 2.62. The van der Waals surface area contributed by atoms with E-state index in [1.807, 2.05) is 0 Å². The van der Waals surface area contributed by atoms with Gasteiger partial charge in [-0.1, -0.05) is 11.6 Å². The molecule has 0 aromatic heterocycles. The van der Waals surface area contributed by atoms with E-state index in [0.717, 1.165) is 7.11 Å². The number of carbonyl (C=O) groups is 3. The predicted molar refractivity (Wildman–Crippen MR) is 109 cm³/mol. The minimum absolute atomic E-state index is 0.133. The van der Waals surface area contributed by atoms with Crippen LogP contribution in [-0.4, -0.2) is 61.9 Å². The molecule has 0 fully saturated rings. The summed E-state index contributed by atoms with van der Waals surface area (Å²) in [6, 6.07) is 4.17. The number of alkyl halides is 3. The third-order valence-corrected chi connectivity index (χ3v) is 4.17. The number of methoxy groups -OCH3 is 1. The maximum atomic E-state index is 13.2. The zero-order valence-electron chi connectivity index (χ0n) is 18.6. The Hall–Kier alpha value is -2.78. The van der Waals surface area contributed by atoms with Crippen LogP contribution in [0.5, 0.6) is 0 Å². The number of ether oxygens (including phenoxy) is 2. The first-order chi connectivity index (χ1) is 14.2. The van der Waals surface area contributed by atoms with Crippen LogP contribution in [0.15, 0.2) is 18.2 Å². The van der Waals surface area contributed by atoms with Crippen LogP contribution in [0.2, 0.25) is 0 Å². The monoisotopic (exact) mass is 446 g/mol. The molecule has 0 bridgehead atoms. The van der Waals surface area contributed by atoms with Crippen LogP contribution in [0.4, 0.5) is 23.7 Å². The van der Waals surface area contributed by atoms with E-state index in [1.54, 1.807) is 27.7 Å². The van der Waals surface area contributed by atoms with Crippen molar-refractivity contribution in [1.29, 1.82) is 0 Å². The topological polar surface area (TPSA) is 76.2 Å². The molecule has 0 N–H and O–H groups in total. The van der Waals surface area contributed by atoms with Gasteiger partial charge in [0.25, 0.3) is 0 Å². The maximum Gasteiger partial charge on any atom is 0.471 e. The molecule has 0 radical (unpaired) electrons. The minimum Gasteiger partial charge on any atom is -0.465 e. The fraction of sp³-hybridized carbons (Fsp3) is 0.571. The molecule has 31 heavy (non-hydrogen) atoms. The molecule has 1 rings (SSSR count). The maximum absolute atomic E-state index is 13.2. The predicted octanol–water partition coefficient (Wildman–Crippen LogP) is 4.32. The molecule has 0 heterocycles. The van der Waals surface area contributed by atoms with Crippen molar-refractivity contribution in [3.8, 4) is 0 Å². The minimum atomic E-state index is -5.12. The zero-order valence-corrected chi connectivity index (χ0v) is 18.6. The number of benzene rings is 1. The van der Waals surface area contributed by atoms with Gasteiger partial charge in [-0.25, -0.2) is 9.59 Å². The Bertz CT molecular complexity index is 803. The highest BCUT2D eigenvalue weighted by Gasteiger charge is 2.43. The van der Waals surface area contributed by atoms with E-state index in [1.165, 1.54) is 30.1 Å². The average molecular weight is 446 g/mol. The Balaban J connectivity index is 2.98. The van der Waals surface area contributed by atoms with Crippen molar-refractivity contribution in [2.45, 2.75) is 52.3 Å². The third kappa shape index (κ3) is 8.10. The van der Waals surface area contributed by atoms with Crippen molar-refractivity contribution >= 4 is 23.7 Å². The summed E-state index contributed by atoms with van der Waals surface area (Å²) in [4.78, 5) is 38.0. The second-order valence-corrected chi connectivity index (χ2v) is 8.08. The Morgan fingerprint density at radius 2 is 1.61 bits per heavy atom. The quantitative estimate of drug-likeness (QED) is 0.461. The van der Waals surface area contributed by atoms with Crippen LogP contribution in [0.3, 0.4) is 0 Å². The van der Waals surface area contributed by atoms with Crippen LogP contribution in [0, 0.1) is 6.92 Å². The lowest BCUT2D eigenvalue weighted by Crippen LogP contribution is -2.43. The fourth-order valence-electron chi connectivity index (χ4n) is 2.69. The van der Waals surface area contributed by atoms with Crippen molar-refractivity contribution in [1.82, 2.24) is 4.90 Å². The fourth-order valence-corrected chi connectivity index (χ4v) is 2.69. The molecule has 2 amide bonds. The molecule has 0 aliphatic heterocycles. The number of halogens is 3. The van der Waals surface area contributed by atoms with E-state index in [4.69, 9.17) is 4.74 Å². The SMILES string of the molecule is COC(=O)c1cc(C)ccc1N(CCCCN(C)C(=O)OC(C)(C)C)C(=O)C(F)(F)F. The molecule has 0 aliphatic carbocycles.